The molecule has 0 saturated carbocycles. The van der Waals surface area contributed by atoms with Gasteiger partial charge in [0.15, 0.2) is 0 Å². The molecule has 0 aliphatic rings. The zero-order valence-corrected chi connectivity index (χ0v) is 22.0. The van der Waals surface area contributed by atoms with Gasteiger partial charge in [-0.1, -0.05) is 24.3 Å². The molecule has 0 spiro atoms. The molecule has 1 amide bonds. The van der Waals surface area contributed by atoms with Crippen LogP contribution in [0.3, 0.4) is 0 Å². The van der Waals surface area contributed by atoms with E-state index in [0.29, 0.717) is 6.61 Å². The number of carbonyl (C=O) groups is 3. The molecule has 29 heavy (non-hydrogen) atoms. The predicted molar refractivity (Wildman–Crippen MR) is 101 cm³/mol. The van der Waals surface area contributed by atoms with E-state index >= 15 is 0 Å². The minimum atomic E-state index is -1.36. The maximum Gasteiger partial charge on any atom is 1.00 e. The van der Waals surface area contributed by atoms with Gasteiger partial charge in [0, 0.05) is 20.1 Å². The summed E-state index contributed by atoms with van der Waals surface area (Å²) in [6.45, 7) is 6.80. The summed E-state index contributed by atoms with van der Waals surface area (Å²) in [5.74, 6) is -2.39. The number of amides is 1. The molecule has 0 aliphatic heterocycles. The molecule has 2 aromatic rings. The summed E-state index contributed by atoms with van der Waals surface area (Å²) < 4.78 is 10.5. The molecule has 0 aliphatic carbocycles. The number of carboxylic acids is 2. The third kappa shape index (κ3) is 10.2. The zero-order chi connectivity index (χ0) is 21.1. The number of rotatable bonds is 8. The van der Waals surface area contributed by atoms with E-state index in [0.717, 1.165) is 17.7 Å². The summed E-state index contributed by atoms with van der Waals surface area (Å²) in [6, 6.07) is 10.7. The van der Waals surface area contributed by atoms with E-state index in [-0.39, 0.29) is 57.5 Å². The summed E-state index contributed by atoms with van der Waals surface area (Å²) >= 11 is 0. The molecule has 2 radical (unpaired) electrons. The normalized spacial score (nSPS) is 10.7. The van der Waals surface area contributed by atoms with Crippen molar-refractivity contribution in [3.8, 4) is 5.75 Å². The third-order valence-corrected chi connectivity index (χ3v) is 3.33. The van der Waals surface area contributed by atoms with Crippen molar-refractivity contribution in [1.82, 2.24) is 5.32 Å². The summed E-state index contributed by atoms with van der Waals surface area (Å²) in [5.41, 5.74) is 0.249. The van der Waals surface area contributed by atoms with Crippen LogP contribution in [0.25, 0.3) is 10.8 Å². The number of hydrogen-bond donors (Lipinski definition) is 2. The molecule has 1 atom stereocenters. The molecule has 8 nitrogen and oxygen atoms in total. The van der Waals surface area contributed by atoms with Crippen LogP contribution in [0.15, 0.2) is 36.4 Å². The molecule has 2 N–H and O–H groups in total. The van der Waals surface area contributed by atoms with Crippen molar-refractivity contribution in [3.05, 3.63) is 48.9 Å². The number of carbonyl (C=O) groups excluding carboxylic acids is 2. The first-order chi connectivity index (χ1) is 13.2. The van der Waals surface area contributed by atoms with Gasteiger partial charge in [0.2, 0.25) is 0 Å². The molecule has 1 unspecified atom stereocenters. The van der Waals surface area contributed by atoms with Gasteiger partial charge >= 0.3 is 27.7 Å². The van der Waals surface area contributed by atoms with Crippen molar-refractivity contribution in [2.45, 2.75) is 20.0 Å². The largest absolute Gasteiger partial charge is 1.00 e. The van der Waals surface area contributed by atoms with Crippen LogP contribution in [0, 0.1) is 6.92 Å². The van der Waals surface area contributed by atoms with E-state index in [4.69, 9.17) is 19.4 Å². The number of aliphatic carboxylic acids is 2. The Labute approximate surface area is 189 Å². The van der Waals surface area contributed by atoms with Gasteiger partial charge in [0.25, 0.3) is 11.9 Å². The molecule has 0 heterocycles. The van der Waals surface area contributed by atoms with Gasteiger partial charge in [0.05, 0.1) is 17.6 Å². The fraction of sp³-hybridized carbons (Fsp3) is 0.300. The van der Waals surface area contributed by atoms with Gasteiger partial charge in [-0.25, -0.2) is 0 Å². The Morgan fingerprint density at radius 2 is 1.76 bits per heavy atom. The minimum Gasteiger partial charge on any atom is -0.546 e. The molecule has 2 rings (SSSR count). The molecular weight excluding hydrogens is 567 g/mol. The predicted octanol–water partition coefficient (Wildman–Crippen LogP) is 1.03. The first kappa shape index (κ1) is 26.8. The number of carboxylic acid groups (broad SMARTS) is 2. The van der Waals surface area contributed by atoms with Gasteiger partial charge in [-0.15, -0.1) is 0 Å². The molecule has 0 aromatic heterocycles. The molecule has 0 bridgehead atoms. The van der Waals surface area contributed by atoms with Crippen molar-refractivity contribution < 1.29 is 61.7 Å². The Kier molecular flexibility index (Phi) is 12.8. The van der Waals surface area contributed by atoms with Crippen LogP contribution < -0.4 is 15.2 Å². The van der Waals surface area contributed by atoms with Crippen molar-refractivity contribution in [3.63, 3.8) is 0 Å². The maximum atomic E-state index is 12.4. The Morgan fingerprint density at radius 1 is 1.21 bits per heavy atom. The van der Waals surface area contributed by atoms with E-state index in [2.05, 4.69) is 12.2 Å². The molecule has 0 fully saturated rings. The minimum absolute atomic E-state index is 0. The second-order valence-corrected chi connectivity index (χ2v) is 5.66. The van der Waals surface area contributed by atoms with Crippen molar-refractivity contribution in [1.29, 1.82) is 0 Å². The number of benzene rings is 2. The number of nitrogens with one attached hydrogen (secondary N) is 1. The van der Waals surface area contributed by atoms with Crippen LogP contribution >= 0.6 is 0 Å². The van der Waals surface area contributed by atoms with Crippen LogP contribution in [0.5, 0.6) is 5.75 Å². The van der Waals surface area contributed by atoms with Crippen molar-refractivity contribution in [2.75, 3.05) is 19.8 Å². The monoisotopic (exact) mass is 591 g/mol. The fourth-order valence-corrected chi connectivity index (χ4v) is 2.25. The first-order valence-corrected chi connectivity index (χ1v) is 8.52. The SMILES string of the molecule is CC(=O)O.[CH2]C(CNC(=O)c1cc2ccccc2cc1OCC(=O)[O-])OCC.[Hg+]. The average molecular weight is 590 g/mol. The molecular formula is C20H23HgNO7. The van der Waals surface area contributed by atoms with Gasteiger partial charge < -0.3 is 29.8 Å². The Morgan fingerprint density at radius 3 is 2.28 bits per heavy atom. The van der Waals surface area contributed by atoms with E-state index in [1.165, 1.54) is 0 Å². The van der Waals surface area contributed by atoms with Crippen molar-refractivity contribution >= 4 is 28.6 Å². The van der Waals surface area contributed by atoms with E-state index in [1.54, 1.807) is 12.1 Å². The molecule has 0 saturated heterocycles. The summed E-state index contributed by atoms with van der Waals surface area (Å²) in [5, 5.41) is 22.5. The first-order valence-electron chi connectivity index (χ1n) is 8.52. The number of hydrogen-bond acceptors (Lipinski definition) is 6. The van der Waals surface area contributed by atoms with Gasteiger partial charge in [-0.3, -0.25) is 9.59 Å². The Balaban J connectivity index is 0.00000143. The Hall–Kier alpha value is -2.19. The number of fused-ring (bicyclic) bond motifs is 1. The van der Waals surface area contributed by atoms with Crippen LogP contribution in [0.4, 0.5) is 0 Å². The fourth-order valence-electron chi connectivity index (χ4n) is 2.25. The van der Waals surface area contributed by atoms with E-state index in [9.17, 15) is 14.7 Å². The second-order valence-electron chi connectivity index (χ2n) is 5.66. The second kappa shape index (κ2) is 13.9. The van der Waals surface area contributed by atoms with Crippen molar-refractivity contribution in [2.24, 2.45) is 0 Å². The van der Waals surface area contributed by atoms with E-state index < -0.39 is 18.5 Å². The quantitative estimate of drug-likeness (QED) is 0.441. The van der Waals surface area contributed by atoms with Crippen LogP contribution in [0.1, 0.15) is 24.2 Å². The van der Waals surface area contributed by atoms with Gasteiger partial charge in [0.1, 0.15) is 12.4 Å². The van der Waals surface area contributed by atoms with Crippen LogP contribution in [-0.2, 0) is 42.0 Å². The Bertz CT molecular complexity index is 822. The average Bonchev–Trinajstić information content (AvgIpc) is 2.63. The standard InChI is InChI=1S/C18H20NO5.C2H4O2.Hg/c1-3-23-12(2)10-19-18(22)15-8-13-6-4-5-7-14(13)9-16(15)24-11-17(20)21;1-2(3)4;/h4-9,12H,2-3,10-11H2,1H3,(H,19,22)(H,20,21);1H3,(H,3,4);/q;;+1/p-1. The zero-order valence-electron chi connectivity index (χ0n) is 16.5. The van der Waals surface area contributed by atoms with Crippen LogP contribution in [-0.4, -0.2) is 48.8 Å². The third-order valence-electron chi connectivity index (χ3n) is 3.33. The molecule has 2 aromatic carbocycles. The molecule has 152 valence electrons. The molecule has 9 heteroatoms. The van der Waals surface area contributed by atoms with E-state index in [1.807, 2.05) is 31.2 Å². The topological polar surface area (TPSA) is 125 Å². The summed E-state index contributed by atoms with van der Waals surface area (Å²) in [6.07, 6.45) is -0.369. The van der Waals surface area contributed by atoms with Gasteiger partial charge in [-0.05, 0) is 36.8 Å². The van der Waals surface area contributed by atoms with Crippen LogP contribution in [0.2, 0.25) is 0 Å². The summed E-state index contributed by atoms with van der Waals surface area (Å²) in [7, 11) is 0. The number of ether oxygens (including phenoxy) is 2. The smallest absolute Gasteiger partial charge is 0.546 e. The maximum absolute atomic E-state index is 12.4. The van der Waals surface area contributed by atoms with Gasteiger partial charge in [-0.2, -0.15) is 0 Å². The summed E-state index contributed by atoms with van der Waals surface area (Å²) in [4.78, 5) is 32.1.